The van der Waals surface area contributed by atoms with Gasteiger partial charge in [-0.3, -0.25) is 9.59 Å². The number of hydrogen-bond donors (Lipinski definition) is 0. The van der Waals surface area contributed by atoms with Crippen molar-refractivity contribution in [2.45, 2.75) is 84.0 Å². The fourth-order valence-corrected chi connectivity index (χ4v) is 7.45. The van der Waals surface area contributed by atoms with Crippen molar-refractivity contribution in [3.8, 4) is 0 Å². The van der Waals surface area contributed by atoms with Crippen molar-refractivity contribution >= 4 is 22.9 Å². The lowest BCUT2D eigenvalue weighted by molar-refractivity contribution is -0.142. The van der Waals surface area contributed by atoms with Crippen LogP contribution in [-0.4, -0.2) is 55.9 Å². The molecule has 2 aliphatic heterocycles. The van der Waals surface area contributed by atoms with Crippen molar-refractivity contribution in [1.82, 2.24) is 19.9 Å². The molecule has 7 heteroatoms. The first-order chi connectivity index (χ1) is 16.8. The molecule has 1 aromatic carbocycles. The zero-order valence-electron chi connectivity index (χ0n) is 20.8. The van der Waals surface area contributed by atoms with Crippen LogP contribution in [0.5, 0.6) is 0 Å². The number of aromatic nitrogens is 2. The average Bonchev–Trinajstić information content (AvgIpc) is 3.35. The molecule has 2 amide bonds. The van der Waals surface area contributed by atoms with Crippen LogP contribution in [0.15, 0.2) is 40.9 Å². The van der Waals surface area contributed by atoms with Gasteiger partial charge in [0.25, 0.3) is 11.6 Å². The number of pyridine rings is 1. The maximum Gasteiger partial charge on any atom is 0.258 e. The molecular weight excluding hydrogens is 440 g/mol. The maximum absolute atomic E-state index is 14.4. The largest absolute Gasteiger partial charge is 0.336 e. The van der Waals surface area contributed by atoms with Crippen LogP contribution in [0.25, 0.3) is 11.1 Å². The van der Waals surface area contributed by atoms with Gasteiger partial charge in [0.15, 0.2) is 0 Å². The third-order valence-corrected chi connectivity index (χ3v) is 8.82. The predicted molar refractivity (Wildman–Crippen MR) is 132 cm³/mol. The van der Waals surface area contributed by atoms with Crippen molar-refractivity contribution in [2.75, 3.05) is 0 Å². The molecule has 3 fully saturated rings. The fraction of sp³-hybridized carbons (Fsp3) is 0.500. The van der Waals surface area contributed by atoms with Crippen LogP contribution in [0, 0.1) is 19.3 Å². The lowest BCUT2D eigenvalue weighted by atomic mass is 9.64. The first kappa shape index (κ1) is 22.3. The molecule has 2 saturated heterocycles. The molecule has 35 heavy (non-hydrogen) atoms. The molecule has 182 valence electrons. The summed E-state index contributed by atoms with van der Waals surface area (Å²) in [6, 6.07) is 12.4. The summed E-state index contributed by atoms with van der Waals surface area (Å²) in [5.41, 5.74) is 3.51. The molecular formula is C28H32N4O3. The molecule has 4 heterocycles. The molecule has 7 nitrogen and oxygen atoms in total. The zero-order valence-corrected chi connectivity index (χ0v) is 20.8. The SMILES string of the molecule is CC(=O)N1[C@@H](Cc2ccccc2)[C@@H]2C[C@@]3(C)[C@H](CCC[C@@H]13)N2C(=O)c1cc(C)nc2onc(C)c12. The second kappa shape index (κ2) is 7.90. The Morgan fingerprint density at radius 2 is 1.83 bits per heavy atom. The Morgan fingerprint density at radius 3 is 2.54 bits per heavy atom. The van der Waals surface area contributed by atoms with Gasteiger partial charge < -0.3 is 14.3 Å². The van der Waals surface area contributed by atoms with Gasteiger partial charge in [-0.25, -0.2) is 4.98 Å². The molecule has 1 aliphatic carbocycles. The van der Waals surface area contributed by atoms with E-state index < -0.39 is 0 Å². The van der Waals surface area contributed by atoms with E-state index in [-0.39, 0.29) is 41.4 Å². The second-order valence-electron chi connectivity index (χ2n) is 10.9. The van der Waals surface area contributed by atoms with Crippen LogP contribution >= 0.6 is 0 Å². The van der Waals surface area contributed by atoms with Crippen LogP contribution in [0.3, 0.4) is 0 Å². The van der Waals surface area contributed by atoms with Gasteiger partial charge >= 0.3 is 0 Å². The molecule has 5 atom stereocenters. The van der Waals surface area contributed by atoms with E-state index >= 15 is 0 Å². The number of fused-ring (bicyclic) bond motifs is 2. The number of hydrogen-bond acceptors (Lipinski definition) is 5. The predicted octanol–water partition coefficient (Wildman–Crippen LogP) is 4.45. The van der Waals surface area contributed by atoms with Gasteiger partial charge in [0.1, 0.15) is 0 Å². The Balaban J connectivity index is 1.49. The minimum atomic E-state index is -0.109. The van der Waals surface area contributed by atoms with Crippen molar-refractivity contribution in [3.63, 3.8) is 0 Å². The minimum absolute atomic E-state index is 0.00892. The quantitative estimate of drug-likeness (QED) is 0.563. The normalized spacial score (nSPS) is 29.6. The summed E-state index contributed by atoms with van der Waals surface area (Å²) < 4.78 is 5.43. The summed E-state index contributed by atoms with van der Waals surface area (Å²) in [5, 5.41) is 4.79. The zero-order chi connectivity index (χ0) is 24.5. The van der Waals surface area contributed by atoms with Crippen LogP contribution in [0.4, 0.5) is 0 Å². The maximum atomic E-state index is 14.4. The third-order valence-electron chi connectivity index (χ3n) is 8.82. The van der Waals surface area contributed by atoms with Gasteiger partial charge in [-0.05, 0) is 57.6 Å². The standard InChI is InChI=1S/C28H32N4O3/c1-16-13-20(25-17(2)30-35-26(25)29-16)27(34)32-22-15-28(4)23(11-8-12-24(28)32)31(18(3)33)21(22)14-19-9-6-5-7-10-19/h5-7,9-10,13,21-24H,8,11-12,14-15H2,1-4H3/t21-,22-,23+,24-,28+/m0/s1. The van der Waals surface area contributed by atoms with Gasteiger partial charge in [-0.15, -0.1) is 0 Å². The number of likely N-dealkylation sites (tertiary alicyclic amines) is 2. The first-order valence-electron chi connectivity index (χ1n) is 12.7. The Morgan fingerprint density at radius 1 is 1.11 bits per heavy atom. The highest BCUT2D eigenvalue weighted by Gasteiger charge is 2.64. The summed E-state index contributed by atoms with van der Waals surface area (Å²) in [4.78, 5) is 36.3. The van der Waals surface area contributed by atoms with E-state index in [0.717, 1.165) is 37.8 Å². The summed E-state index contributed by atoms with van der Waals surface area (Å²) in [7, 11) is 0. The molecule has 0 radical (unpaired) electrons. The van der Waals surface area contributed by atoms with Gasteiger partial charge in [0.2, 0.25) is 5.91 Å². The van der Waals surface area contributed by atoms with E-state index in [1.165, 1.54) is 5.56 Å². The van der Waals surface area contributed by atoms with E-state index in [2.05, 4.69) is 39.0 Å². The van der Waals surface area contributed by atoms with Crippen LogP contribution < -0.4 is 0 Å². The molecule has 0 unspecified atom stereocenters. The summed E-state index contributed by atoms with van der Waals surface area (Å²) in [6.45, 7) is 7.73. The summed E-state index contributed by atoms with van der Waals surface area (Å²) in [6.07, 6.45) is 4.64. The van der Waals surface area contributed by atoms with Gasteiger partial charge in [0.05, 0.1) is 28.7 Å². The molecule has 3 aromatic rings. The summed E-state index contributed by atoms with van der Waals surface area (Å²) >= 11 is 0. The lowest BCUT2D eigenvalue weighted by Gasteiger charge is -2.52. The Hall–Kier alpha value is -3.22. The van der Waals surface area contributed by atoms with E-state index in [1.54, 1.807) is 6.92 Å². The average molecular weight is 473 g/mol. The topological polar surface area (TPSA) is 79.5 Å². The molecule has 0 spiro atoms. The van der Waals surface area contributed by atoms with Crippen molar-refractivity contribution in [1.29, 1.82) is 0 Å². The fourth-order valence-electron chi connectivity index (χ4n) is 7.45. The number of carbonyl (C=O) groups excluding carboxylic acids is 2. The number of carbonyl (C=O) groups is 2. The number of nitrogens with zero attached hydrogens (tertiary/aromatic N) is 4. The Kier molecular flexibility index (Phi) is 5.02. The van der Waals surface area contributed by atoms with Gasteiger partial charge in [-0.1, -0.05) is 42.4 Å². The number of aryl methyl sites for hydroxylation is 2. The van der Waals surface area contributed by atoms with E-state index in [4.69, 9.17) is 4.52 Å². The highest BCUT2D eigenvalue weighted by Crippen LogP contribution is 2.57. The first-order valence-corrected chi connectivity index (χ1v) is 12.7. The molecule has 3 aliphatic rings. The van der Waals surface area contributed by atoms with Crippen LogP contribution in [0.1, 0.15) is 66.8 Å². The second-order valence-corrected chi connectivity index (χ2v) is 10.9. The van der Waals surface area contributed by atoms with Crippen LogP contribution in [0.2, 0.25) is 0 Å². The highest BCUT2D eigenvalue weighted by molar-refractivity contribution is 6.06. The van der Waals surface area contributed by atoms with E-state index in [9.17, 15) is 9.59 Å². The highest BCUT2D eigenvalue weighted by atomic mass is 16.5. The molecule has 2 aromatic heterocycles. The van der Waals surface area contributed by atoms with Gasteiger partial charge in [0, 0.05) is 30.1 Å². The molecule has 1 saturated carbocycles. The molecule has 6 rings (SSSR count). The third kappa shape index (κ3) is 3.23. The van der Waals surface area contributed by atoms with E-state index in [1.807, 2.05) is 38.1 Å². The van der Waals surface area contributed by atoms with E-state index in [0.29, 0.717) is 22.4 Å². The number of amides is 2. The number of benzene rings is 1. The summed E-state index contributed by atoms with van der Waals surface area (Å²) in [5.74, 6) is 0.119. The minimum Gasteiger partial charge on any atom is -0.336 e. The van der Waals surface area contributed by atoms with Crippen molar-refractivity contribution in [3.05, 3.63) is 58.9 Å². The van der Waals surface area contributed by atoms with Gasteiger partial charge in [-0.2, -0.15) is 0 Å². The molecule has 0 N–H and O–H groups in total. The monoisotopic (exact) mass is 472 g/mol. The lowest BCUT2D eigenvalue weighted by Crippen LogP contribution is -2.62. The number of piperidine rings is 1. The number of rotatable bonds is 3. The van der Waals surface area contributed by atoms with Crippen molar-refractivity contribution in [2.24, 2.45) is 5.41 Å². The van der Waals surface area contributed by atoms with Crippen molar-refractivity contribution < 1.29 is 14.1 Å². The smallest absolute Gasteiger partial charge is 0.258 e. The Labute approximate surface area is 205 Å². The van der Waals surface area contributed by atoms with Crippen LogP contribution in [-0.2, 0) is 11.2 Å². The molecule has 2 bridgehead atoms. The Bertz CT molecular complexity index is 1320.